The van der Waals surface area contributed by atoms with E-state index in [0.29, 0.717) is 4.74 Å². The quantitative estimate of drug-likeness (QED) is 0.314. The summed E-state index contributed by atoms with van der Waals surface area (Å²) in [5.74, 6) is -1.37. The van der Waals surface area contributed by atoms with Gasteiger partial charge in [0.1, 0.15) is 6.10 Å². The molecule has 0 aliphatic heterocycles. The van der Waals surface area contributed by atoms with Gasteiger partial charge in [-0.05, 0) is 42.5 Å². The molecule has 32 heavy (non-hydrogen) atoms. The lowest BCUT2D eigenvalue weighted by Gasteiger charge is -2.24. The summed E-state index contributed by atoms with van der Waals surface area (Å²) in [6, 6.07) is 20.9. The monoisotopic (exact) mass is 435 g/mol. The average molecular weight is 435 g/mol. The Balaban J connectivity index is 1.62. The fourth-order valence-electron chi connectivity index (χ4n) is 3.27. The molecular weight excluding hydrogens is 412 g/mol. The summed E-state index contributed by atoms with van der Waals surface area (Å²) in [5.41, 5.74) is 3.57. The van der Waals surface area contributed by atoms with Crippen molar-refractivity contribution in [2.24, 2.45) is 0 Å². The Kier molecular flexibility index (Phi) is 6.62. The molecule has 164 valence electrons. The number of aliphatic carboxylic acids is 1. The Morgan fingerprint density at radius 3 is 2.06 bits per heavy atom. The maximum Gasteiger partial charge on any atom is 0.562 e. The topological polar surface area (TPSA) is 101 Å². The normalized spacial score (nSPS) is 14.4. The van der Waals surface area contributed by atoms with E-state index < -0.39 is 23.8 Å². The molecule has 2 amide bonds. The van der Waals surface area contributed by atoms with Gasteiger partial charge in [0.15, 0.2) is 11.9 Å². The van der Waals surface area contributed by atoms with Gasteiger partial charge in [-0.25, -0.2) is 4.79 Å². The molecule has 4 rings (SSSR count). The SMILES string of the molecule is O=C(O)/C(c1ccco1)=[N+](\OC1CCC1)C(=O)NOC(c1ccccc1)c1ccccc1. The van der Waals surface area contributed by atoms with E-state index in [1.54, 1.807) is 0 Å². The lowest BCUT2D eigenvalue weighted by atomic mass is 9.97. The number of nitrogens with zero attached hydrogens (tertiary/aromatic N) is 1. The van der Waals surface area contributed by atoms with Crippen LogP contribution in [0.2, 0.25) is 0 Å². The van der Waals surface area contributed by atoms with Gasteiger partial charge in [-0.1, -0.05) is 66.1 Å². The molecule has 0 saturated heterocycles. The minimum atomic E-state index is -1.36. The first kappa shape index (κ1) is 21.3. The minimum absolute atomic E-state index is 0.00496. The fraction of sp³-hybridized carbons (Fsp3) is 0.208. The molecule has 0 atom stereocenters. The van der Waals surface area contributed by atoms with Gasteiger partial charge in [-0.15, -0.1) is 0 Å². The number of benzene rings is 2. The molecule has 2 aromatic carbocycles. The number of rotatable bonds is 8. The van der Waals surface area contributed by atoms with Crippen LogP contribution >= 0.6 is 0 Å². The Morgan fingerprint density at radius 2 is 1.59 bits per heavy atom. The van der Waals surface area contributed by atoms with Crippen molar-refractivity contribution in [3.8, 4) is 0 Å². The van der Waals surface area contributed by atoms with Crippen molar-refractivity contribution in [1.29, 1.82) is 0 Å². The van der Waals surface area contributed by atoms with Gasteiger partial charge in [-0.2, -0.15) is 9.63 Å². The van der Waals surface area contributed by atoms with Crippen LogP contribution in [-0.4, -0.2) is 33.7 Å². The first-order chi connectivity index (χ1) is 15.6. The molecule has 1 aromatic heterocycles. The van der Waals surface area contributed by atoms with E-state index >= 15 is 0 Å². The van der Waals surface area contributed by atoms with E-state index in [9.17, 15) is 14.7 Å². The van der Waals surface area contributed by atoms with Crippen molar-refractivity contribution in [2.75, 3.05) is 0 Å². The van der Waals surface area contributed by atoms with E-state index in [4.69, 9.17) is 14.1 Å². The highest BCUT2D eigenvalue weighted by atomic mass is 16.7. The third-order valence-corrected chi connectivity index (χ3v) is 5.12. The molecule has 1 heterocycles. The summed E-state index contributed by atoms with van der Waals surface area (Å²) in [7, 11) is 0. The lowest BCUT2D eigenvalue weighted by molar-refractivity contribution is -0.732. The third kappa shape index (κ3) is 4.87. The van der Waals surface area contributed by atoms with Gasteiger partial charge in [0.25, 0.3) is 0 Å². The van der Waals surface area contributed by atoms with Crippen LogP contribution in [0.1, 0.15) is 42.3 Å². The molecular formula is C24H23N2O6+. The van der Waals surface area contributed by atoms with Crippen LogP contribution in [0.4, 0.5) is 4.79 Å². The number of hydrogen-bond acceptors (Lipinski definition) is 5. The zero-order chi connectivity index (χ0) is 22.3. The summed E-state index contributed by atoms with van der Waals surface area (Å²) in [4.78, 5) is 36.5. The zero-order valence-corrected chi connectivity index (χ0v) is 17.2. The molecule has 0 spiro atoms. The second-order valence-corrected chi connectivity index (χ2v) is 7.31. The number of urea groups is 1. The van der Waals surface area contributed by atoms with Crippen molar-refractivity contribution >= 4 is 17.7 Å². The molecule has 1 saturated carbocycles. The summed E-state index contributed by atoms with van der Waals surface area (Å²) in [5, 5.41) is 9.76. The highest BCUT2D eigenvalue weighted by molar-refractivity contribution is 6.39. The summed E-state index contributed by atoms with van der Waals surface area (Å²) < 4.78 is 5.93. The standard InChI is InChI=1S/C24H22N2O6/c27-23(28)21(20-15-8-16-30-20)26(32-19-13-7-14-19)24(29)25-31-22(17-9-3-1-4-10-17)18-11-5-2-6-12-18/h1-6,8-12,15-16,19,22H,7,13-14H2,(H-,25,27,28,29)/p+1/b26-21-. The molecule has 0 radical (unpaired) electrons. The molecule has 2 N–H and O–H groups in total. The number of carbonyl (C=O) groups is 2. The van der Waals surface area contributed by atoms with Crippen LogP contribution in [0.5, 0.6) is 0 Å². The Hall–Kier alpha value is -3.91. The van der Waals surface area contributed by atoms with Crippen LogP contribution < -0.4 is 5.48 Å². The lowest BCUT2D eigenvalue weighted by Crippen LogP contribution is -2.43. The molecule has 8 nitrogen and oxygen atoms in total. The third-order valence-electron chi connectivity index (χ3n) is 5.12. The number of hydroxylamine groups is 2. The number of hydrogen-bond donors (Lipinski definition) is 2. The minimum Gasteiger partial charge on any atom is -0.475 e. The highest BCUT2D eigenvalue weighted by Crippen LogP contribution is 2.25. The number of furan rings is 1. The predicted molar refractivity (Wildman–Crippen MR) is 114 cm³/mol. The summed E-state index contributed by atoms with van der Waals surface area (Å²) in [6.07, 6.45) is 2.87. The van der Waals surface area contributed by atoms with Crippen molar-refractivity contribution < 1.29 is 33.5 Å². The van der Waals surface area contributed by atoms with Crippen LogP contribution in [0.25, 0.3) is 0 Å². The van der Waals surface area contributed by atoms with E-state index in [2.05, 4.69) is 5.48 Å². The fourth-order valence-corrected chi connectivity index (χ4v) is 3.27. The maximum atomic E-state index is 13.1. The van der Waals surface area contributed by atoms with Gasteiger partial charge in [0.05, 0.1) is 6.26 Å². The second-order valence-electron chi connectivity index (χ2n) is 7.31. The van der Waals surface area contributed by atoms with Gasteiger partial charge in [0.2, 0.25) is 0 Å². The molecule has 0 unspecified atom stereocenters. The number of carboxylic acid groups (broad SMARTS) is 1. The van der Waals surface area contributed by atoms with Gasteiger partial charge < -0.3 is 14.4 Å². The maximum absolute atomic E-state index is 13.1. The number of nitrogens with one attached hydrogen (secondary N) is 1. The van der Waals surface area contributed by atoms with Crippen molar-refractivity contribution in [2.45, 2.75) is 31.5 Å². The second kappa shape index (κ2) is 9.93. The van der Waals surface area contributed by atoms with E-state index in [-0.39, 0.29) is 11.9 Å². The Morgan fingerprint density at radius 1 is 0.969 bits per heavy atom. The van der Waals surface area contributed by atoms with Gasteiger partial charge >= 0.3 is 17.7 Å². The predicted octanol–water partition coefficient (Wildman–Crippen LogP) is 4.08. The van der Waals surface area contributed by atoms with Crippen LogP contribution in [0, 0.1) is 0 Å². The van der Waals surface area contributed by atoms with Crippen LogP contribution in [0.15, 0.2) is 83.5 Å². The highest BCUT2D eigenvalue weighted by Gasteiger charge is 2.36. The van der Waals surface area contributed by atoms with Crippen LogP contribution in [-0.2, 0) is 14.5 Å². The molecule has 1 fully saturated rings. The van der Waals surface area contributed by atoms with Gasteiger partial charge in [-0.3, -0.25) is 0 Å². The molecule has 1 aliphatic rings. The van der Waals surface area contributed by atoms with E-state index in [1.807, 2.05) is 60.7 Å². The van der Waals surface area contributed by atoms with E-state index in [0.717, 1.165) is 30.4 Å². The summed E-state index contributed by atoms with van der Waals surface area (Å²) >= 11 is 0. The van der Waals surface area contributed by atoms with Crippen molar-refractivity contribution in [1.82, 2.24) is 5.48 Å². The number of carbonyl (C=O) groups excluding carboxylic acids is 1. The molecule has 3 aromatic rings. The Bertz CT molecular complexity index is 1040. The molecule has 8 heteroatoms. The molecule has 0 bridgehead atoms. The first-order valence-corrected chi connectivity index (χ1v) is 10.3. The van der Waals surface area contributed by atoms with Crippen LogP contribution in [0.3, 0.4) is 0 Å². The number of amides is 2. The molecule has 1 aliphatic carbocycles. The first-order valence-electron chi connectivity index (χ1n) is 10.3. The van der Waals surface area contributed by atoms with E-state index in [1.165, 1.54) is 18.4 Å². The van der Waals surface area contributed by atoms with Gasteiger partial charge in [0, 0.05) is 4.74 Å². The largest absolute Gasteiger partial charge is 0.562 e. The van der Waals surface area contributed by atoms with Crippen molar-refractivity contribution in [3.05, 3.63) is 95.9 Å². The smallest absolute Gasteiger partial charge is 0.475 e. The average Bonchev–Trinajstić information content (AvgIpc) is 3.30. The number of carboxylic acids is 1. The Labute approximate surface area is 184 Å². The summed E-state index contributed by atoms with van der Waals surface area (Å²) in [6.45, 7) is 0. The van der Waals surface area contributed by atoms with Crippen molar-refractivity contribution in [3.63, 3.8) is 0 Å². The zero-order valence-electron chi connectivity index (χ0n) is 17.2.